The molecule has 1 amide bonds. The van der Waals surface area contributed by atoms with Gasteiger partial charge in [0.05, 0.1) is 0 Å². The lowest BCUT2D eigenvalue weighted by atomic mass is 10.1. The van der Waals surface area contributed by atoms with E-state index in [4.69, 9.17) is 0 Å². The fourth-order valence-corrected chi connectivity index (χ4v) is 3.74. The van der Waals surface area contributed by atoms with E-state index in [1.54, 1.807) is 11.3 Å². The summed E-state index contributed by atoms with van der Waals surface area (Å²) < 4.78 is 1.30. The molecule has 3 rings (SSSR count). The molecule has 0 radical (unpaired) electrons. The first kappa shape index (κ1) is 14.8. The van der Waals surface area contributed by atoms with Crippen LogP contribution in [-0.4, -0.2) is 12.5 Å². The minimum absolute atomic E-state index is 0.00587. The van der Waals surface area contributed by atoms with E-state index < -0.39 is 0 Å². The number of carbonyl (C=O) groups is 1. The van der Waals surface area contributed by atoms with Crippen LogP contribution in [0.2, 0.25) is 0 Å². The van der Waals surface area contributed by atoms with Gasteiger partial charge in [-0.25, -0.2) is 0 Å². The van der Waals surface area contributed by atoms with Gasteiger partial charge in [-0.1, -0.05) is 35.4 Å². The molecule has 1 aromatic heterocycles. The van der Waals surface area contributed by atoms with Crippen LogP contribution in [0.4, 0.5) is 0 Å². The fourth-order valence-electron chi connectivity index (χ4n) is 2.74. The van der Waals surface area contributed by atoms with E-state index >= 15 is 0 Å². The predicted molar refractivity (Wildman–Crippen MR) is 93.8 cm³/mol. The van der Waals surface area contributed by atoms with Gasteiger partial charge in [-0.05, 0) is 54.8 Å². The number of hydrogen-bond donors (Lipinski definition) is 1. The lowest BCUT2D eigenvalue weighted by molar-refractivity contribution is 0.0954. The number of benzene rings is 2. The van der Waals surface area contributed by atoms with Crippen molar-refractivity contribution in [2.24, 2.45) is 0 Å². The summed E-state index contributed by atoms with van der Waals surface area (Å²) in [5.41, 5.74) is 4.29. The molecule has 22 heavy (non-hydrogen) atoms. The van der Waals surface area contributed by atoms with Crippen LogP contribution in [0.25, 0.3) is 10.1 Å². The normalized spacial score (nSPS) is 10.8. The first-order chi connectivity index (χ1) is 10.6. The Hall–Kier alpha value is -2.13. The van der Waals surface area contributed by atoms with Crippen LogP contribution >= 0.6 is 11.3 Å². The monoisotopic (exact) mass is 309 g/mol. The van der Waals surface area contributed by atoms with Gasteiger partial charge in [0.25, 0.3) is 5.91 Å². The summed E-state index contributed by atoms with van der Waals surface area (Å²) in [6.45, 7) is 4.69. The lowest BCUT2D eigenvalue weighted by Gasteiger charge is -2.07. The van der Waals surface area contributed by atoms with Crippen molar-refractivity contribution in [3.63, 3.8) is 0 Å². The highest BCUT2D eigenvalue weighted by Crippen LogP contribution is 2.25. The Morgan fingerprint density at radius 2 is 1.82 bits per heavy atom. The van der Waals surface area contributed by atoms with Gasteiger partial charge in [0, 0.05) is 16.8 Å². The van der Waals surface area contributed by atoms with Gasteiger partial charge in [-0.2, -0.15) is 0 Å². The van der Waals surface area contributed by atoms with Gasteiger partial charge in [-0.3, -0.25) is 4.79 Å². The summed E-state index contributed by atoms with van der Waals surface area (Å²) >= 11 is 1.76. The van der Waals surface area contributed by atoms with Crippen LogP contribution < -0.4 is 5.32 Å². The Kier molecular flexibility index (Phi) is 4.25. The Morgan fingerprint density at radius 3 is 2.59 bits per heavy atom. The zero-order valence-electron chi connectivity index (χ0n) is 12.8. The number of fused-ring (bicyclic) bond motifs is 1. The summed E-state index contributed by atoms with van der Waals surface area (Å²) in [7, 11) is 0. The predicted octanol–water partition coefficient (Wildman–Crippen LogP) is 4.49. The van der Waals surface area contributed by atoms with Gasteiger partial charge < -0.3 is 5.32 Å². The van der Waals surface area contributed by atoms with Gasteiger partial charge in [0.15, 0.2) is 0 Å². The van der Waals surface area contributed by atoms with Crippen LogP contribution in [0, 0.1) is 13.8 Å². The van der Waals surface area contributed by atoms with Gasteiger partial charge in [0.2, 0.25) is 0 Å². The Morgan fingerprint density at radius 1 is 1.09 bits per heavy atom. The minimum Gasteiger partial charge on any atom is -0.352 e. The highest BCUT2D eigenvalue weighted by Gasteiger charge is 2.07. The number of rotatable bonds is 4. The van der Waals surface area contributed by atoms with E-state index in [9.17, 15) is 4.79 Å². The SMILES string of the molecule is Cc1cc(C)cc(C(=O)NCCc2csc3ccccc23)c1. The van der Waals surface area contributed by atoms with Crippen molar-refractivity contribution in [1.29, 1.82) is 0 Å². The van der Waals surface area contributed by atoms with Crippen LogP contribution in [0.15, 0.2) is 47.8 Å². The standard InChI is InChI=1S/C19H19NOS/c1-13-9-14(2)11-16(10-13)19(21)20-8-7-15-12-22-18-6-4-3-5-17(15)18/h3-6,9-12H,7-8H2,1-2H3,(H,20,21). The van der Waals surface area contributed by atoms with Crippen LogP contribution in [0.5, 0.6) is 0 Å². The van der Waals surface area contributed by atoms with Crippen LogP contribution in [0.3, 0.4) is 0 Å². The topological polar surface area (TPSA) is 29.1 Å². The number of amides is 1. The third-order valence-corrected chi connectivity index (χ3v) is 4.74. The second kappa shape index (κ2) is 6.32. The molecule has 0 bridgehead atoms. The molecule has 0 unspecified atom stereocenters. The van der Waals surface area contributed by atoms with E-state index in [1.165, 1.54) is 15.6 Å². The summed E-state index contributed by atoms with van der Waals surface area (Å²) in [5.74, 6) is 0.00587. The molecule has 3 aromatic rings. The second-order valence-electron chi connectivity index (χ2n) is 5.64. The summed E-state index contributed by atoms with van der Waals surface area (Å²) in [5, 5.41) is 6.51. The first-order valence-electron chi connectivity index (χ1n) is 7.45. The van der Waals surface area contributed by atoms with Crippen molar-refractivity contribution in [3.8, 4) is 0 Å². The van der Waals surface area contributed by atoms with Crippen molar-refractivity contribution in [3.05, 3.63) is 70.1 Å². The van der Waals surface area contributed by atoms with E-state index in [0.717, 1.165) is 23.1 Å². The molecular formula is C19H19NOS. The van der Waals surface area contributed by atoms with Gasteiger partial charge in [0.1, 0.15) is 0 Å². The number of aryl methyl sites for hydroxylation is 2. The molecule has 112 valence electrons. The highest BCUT2D eigenvalue weighted by molar-refractivity contribution is 7.17. The fraction of sp³-hybridized carbons (Fsp3) is 0.211. The molecule has 0 atom stereocenters. The van der Waals surface area contributed by atoms with Crippen LogP contribution in [0.1, 0.15) is 27.0 Å². The third kappa shape index (κ3) is 3.20. The average molecular weight is 309 g/mol. The molecule has 0 aliphatic heterocycles. The van der Waals surface area contributed by atoms with Gasteiger partial charge >= 0.3 is 0 Å². The number of nitrogens with one attached hydrogen (secondary N) is 1. The maximum atomic E-state index is 12.2. The van der Waals surface area contributed by atoms with E-state index in [-0.39, 0.29) is 5.91 Å². The van der Waals surface area contributed by atoms with E-state index in [0.29, 0.717) is 6.54 Å². The van der Waals surface area contributed by atoms with Crippen molar-refractivity contribution in [2.45, 2.75) is 20.3 Å². The molecule has 2 nitrogen and oxygen atoms in total. The van der Waals surface area contributed by atoms with Crippen molar-refractivity contribution < 1.29 is 4.79 Å². The summed E-state index contributed by atoms with van der Waals surface area (Å²) in [4.78, 5) is 12.2. The molecule has 0 aliphatic rings. The number of hydrogen-bond acceptors (Lipinski definition) is 2. The number of thiophene rings is 1. The Bertz CT molecular complexity index is 799. The van der Waals surface area contributed by atoms with E-state index in [2.05, 4.69) is 41.0 Å². The zero-order valence-corrected chi connectivity index (χ0v) is 13.7. The van der Waals surface area contributed by atoms with Crippen molar-refractivity contribution in [2.75, 3.05) is 6.54 Å². The molecule has 0 spiro atoms. The zero-order chi connectivity index (χ0) is 15.5. The molecule has 0 fully saturated rings. The average Bonchev–Trinajstić information content (AvgIpc) is 2.90. The third-order valence-electron chi connectivity index (χ3n) is 3.72. The van der Waals surface area contributed by atoms with Crippen molar-refractivity contribution >= 4 is 27.3 Å². The van der Waals surface area contributed by atoms with Gasteiger partial charge in [-0.15, -0.1) is 11.3 Å². The maximum absolute atomic E-state index is 12.2. The smallest absolute Gasteiger partial charge is 0.251 e. The molecular weight excluding hydrogens is 290 g/mol. The van der Waals surface area contributed by atoms with Crippen LogP contribution in [-0.2, 0) is 6.42 Å². The second-order valence-corrected chi connectivity index (χ2v) is 6.55. The molecule has 0 saturated carbocycles. The van der Waals surface area contributed by atoms with E-state index in [1.807, 2.05) is 26.0 Å². The number of carbonyl (C=O) groups excluding carboxylic acids is 1. The first-order valence-corrected chi connectivity index (χ1v) is 8.33. The molecule has 0 saturated heterocycles. The molecule has 0 aliphatic carbocycles. The highest BCUT2D eigenvalue weighted by atomic mass is 32.1. The Labute approximate surface area is 134 Å². The molecule has 3 heteroatoms. The van der Waals surface area contributed by atoms with Crippen molar-refractivity contribution in [1.82, 2.24) is 5.32 Å². The lowest BCUT2D eigenvalue weighted by Crippen LogP contribution is -2.25. The molecule has 2 aromatic carbocycles. The summed E-state index contributed by atoms with van der Waals surface area (Å²) in [6.07, 6.45) is 0.862. The minimum atomic E-state index is 0.00587. The summed E-state index contributed by atoms with van der Waals surface area (Å²) in [6, 6.07) is 14.3. The molecule has 1 heterocycles. The quantitative estimate of drug-likeness (QED) is 0.756. The Balaban J connectivity index is 1.64. The molecule has 1 N–H and O–H groups in total. The maximum Gasteiger partial charge on any atom is 0.251 e. The largest absolute Gasteiger partial charge is 0.352 e.